The second-order valence-electron chi connectivity index (χ2n) is 4.41. The molecule has 0 radical (unpaired) electrons. The average Bonchev–Trinajstić information content (AvgIpc) is 3.16. The number of ether oxygens (including phenoxy) is 1. The first-order valence-corrected chi connectivity index (χ1v) is 8.52. The number of rotatable bonds is 1. The van der Waals surface area contributed by atoms with Crippen molar-refractivity contribution in [3.05, 3.63) is 58.4 Å². The summed E-state index contributed by atoms with van der Waals surface area (Å²) in [4.78, 5) is 28.5. The molecule has 0 N–H and O–H groups in total. The van der Waals surface area contributed by atoms with Crippen molar-refractivity contribution >= 4 is 66.6 Å². The van der Waals surface area contributed by atoms with Crippen LogP contribution in [-0.4, -0.2) is 62.0 Å². The average molecular weight is 576 g/mol. The van der Waals surface area contributed by atoms with Gasteiger partial charge >= 0.3 is 29.0 Å². The van der Waals surface area contributed by atoms with Crippen molar-refractivity contribution in [2.75, 3.05) is 13.2 Å². The molecule has 1 saturated heterocycles. The number of carbonyl (C=O) groups excluding carboxylic acids is 1. The van der Waals surface area contributed by atoms with E-state index in [4.69, 9.17) is 11.3 Å². The number of Topliss-reactive ketones (excluding diaryl/α,β-unsaturated/α-hetero) is 1. The molecule has 3 heterocycles. The van der Waals surface area contributed by atoms with E-state index in [0.29, 0.717) is 0 Å². The van der Waals surface area contributed by atoms with Gasteiger partial charge in [-0.1, -0.05) is 0 Å². The van der Waals surface area contributed by atoms with E-state index in [2.05, 4.69) is 56.6 Å². The third kappa shape index (κ3) is 15.1. The molecule has 1 aliphatic heterocycles. The zero-order chi connectivity index (χ0) is 17.8. The van der Waals surface area contributed by atoms with E-state index in [-0.39, 0.29) is 65.0 Å². The van der Waals surface area contributed by atoms with Crippen LogP contribution in [0.1, 0.15) is 30.4 Å². The number of nitrogens with zero attached hydrogens (tertiary/aromatic N) is 5. The Bertz CT molecular complexity index is 670. The molecule has 142 valence electrons. The van der Waals surface area contributed by atoms with E-state index in [1.165, 1.54) is 19.8 Å². The summed E-state index contributed by atoms with van der Waals surface area (Å²) in [6.45, 7) is 9.93. The quantitative estimate of drug-likeness (QED) is 0.288. The molecule has 0 unspecified atom stereocenters. The predicted molar refractivity (Wildman–Crippen MR) is 108 cm³/mol. The summed E-state index contributed by atoms with van der Waals surface area (Å²) in [7, 11) is 0. The van der Waals surface area contributed by atoms with Crippen molar-refractivity contribution in [3.8, 4) is 0 Å². The molecule has 0 spiro atoms. The van der Waals surface area contributed by atoms with Crippen LogP contribution in [0.3, 0.4) is 0 Å². The second kappa shape index (κ2) is 18.8. The number of hydrogen-bond donors (Lipinski definition) is 0. The van der Waals surface area contributed by atoms with E-state index in [1.807, 2.05) is 0 Å². The summed E-state index contributed by atoms with van der Waals surface area (Å²) >= 11 is 6.30. The Labute approximate surface area is 203 Å². The molecule has 27 heavy (non-hydrogen) atoms. The van der Waals surface area contributed by atoms with Crippen molar-refractivity contribution in [1.82, 2.24) is 19.9 Å². The molecule has 0 saturated carbocycles. The van der Waals surface area contributed by atoms with Crippen LogP contribution in [0, 0.1) is 14.0 Å². The molecule has 0 amide bonds. The Hall–Kier alpha value is -0.514. The summed E-state index contributed by atoms with van der Waals surface area (Å²) in [5, 5.41) is 0. The molecule has 1 aliphatic rings. The van der Waals surface area contributed by atoms with Gasteiger partial charge in [-0.2, -0.15) is 9.97 Å². The minimum atomic E-state index is -0.118. The van der Waals surface area contributed by atoms with Crippen LogP contribution in [0.2, 0.25) is 0 Å². The monoisotopic (exact) mass is 573 g/mol. The van der Waals surface area contributed by atoms with Crippen LogP contribution in [0.5, 0.6) is 0 Å². The summed E-state index contributed by atoms with van der Waals surface area (Å²) in [5.74, 6) is 0.314. The van der Waals surface area contributed by atoms with E-state index < -0.39 is 0 Å². The minimum absolute atomic E-state index is 0. The molecule has 0 aromatic carbocycles. The van der Waals surface area contributed by atoms with Gasteiger partial charge in [0.1, 0.15) is 12.4 Å². The molecule has 0 bridgehead atoms. The molecule has 3 rings (SSSR count). The largest absolute Gasteiger partial charge is 2.00 e. The van der Waals surface area contributed by atoms with Crippen LogP contribution >= 0.6 is 31.9 Å². The summed E-state index contributed by atoms with van der Waals surface area (Å²) < 4.78 is 6.51. The first-order valence-electron chi connectivity index (χ1n) is 6.94. The van der Waals surface area contributed by atoms with Gasteiger partial charge in [-0.3, -0.25) is 4.79 Å². The molecule has 0 atom stereocenters. The molecule has 7 nitrogen and oxygen atoms in total. The van der Waals surface area contributed by atoms with Gasteiger partial charge in [0.25, 0.3) is 0 Å². The van der Waals surface area contributed by atoms with Crippen molar-refractivity contribution in [1.29, 1.82) is 0 Å². The van der Waals surface area contributed by atoms with Gasteiger partial charge in [0, 0.05) is 32.5 Å². The predicted octanol–water partition coefficient (Wildman–Crippen LogP) is 1.10. The molecule has 2 aromatic rings. The molecule has 2 aromatic heterocycles. The number of halogens is 3. The van der Waals surface area contributed by atoms with Crippen molar-refractivity contribution in [2.45, 2.75) is 19.8 Å². The first kappa shape index (κ1) is 31.2. The third-order valence-corrected chi connectivity index (χ3v) is 3.29. The maximum absolute atomic E-state index is 10.6. The third-order valence-electron chi connectivity index (χ3n) is 2.47. The maximum atomic E-state index is 10.6. The first-order chi connectivity index (χ1) is 11.5. The number of carbonyl (C=O) groups is 1. The maximum Gasteiger partial charge on any atom is 2.00 e. The zero-order valence-electron chi connectivity index (χ0n) is 15.0. The summed E-state index contributed by atoms with van der Waals surface area (Å²) in [5.41, 5.74) is 0. The fourth-order valence-corrected chi connectivity index (χ4v) is 1.78. The van der Waals surface area contributed by atoms with E-state index in [9.17, 15) is 4.79 Å². The van der Waals surface area contributed by atoms with E-state index in [0.717, 1.165) is 22.2 Å². The number of aromatic nitrogens is 4. The van der Waals surface area contributed by atoms with Crippen LogP contribution in [0.25, 0.3) is 4.85 Å². The standard InChI is InChI=1S/C6H5BrN2O.C5H2BrN3.C4H8O.CH3.BrH.Mg/c1-4(10)6-8-2-5(7)3-9-6;1-7-5-8-2-4(6)3-9-5;1-2-4-5-3-1;;;/h2-3H,1H3;2-3H;1-4H2;1H3;1H;/q;;;-1;;+2/p-1. The smallest absolute Gasteiger partial charge is 1.00 e. The van der Waals surface area contributed by atoms with Gasteiger partial charge in [0.2, 0.25) is 0 Å². The van der Waals surface area contributed by atoms with Crippen LogP contribution < -0.4 is 17.0 Å². The minimum Gasteiger partial charge on any atom is -1.00 e. The van der Waals surface area contributed by atoms with Crippen LogP contribution in [-0.2, 0) is 4.74 Å². The molecular formula is C16H18Br3MgN5O2. The molecular weight excluding hydrogens is 558 g/mol. The van der Waals surface area contributed by atoms with Crippen molar-refractivity contribution in [2.24, 2.45) is 0 Å². The van der Waals surface area contributed by atoms with Gasteiger partial charge in [-0.05, 0) is 44.7 Å². The van der Waals surface area contributed by atoms with Gasteiger partial charge in [0.15, 0.2) is 11.6 Å². The van der Waals surface area contributed by atoms with Crippen molar-refractivity contribution in [3.63, 3.8) is 0 Å². The normalized spacial score (nSPS) is 10.7. The molecule has 11 heteroatoms. The van der Waals surface area contributed by atoms with Gasteiger partial charge in [-0.15, -0.1) is 6.57 Å². The van der Waals surface area contributed by atoms with Gasteiger partial charge < -0.3 is 34.0 Å². The van der Waals surface area contributed by atoms with Crippen molar-refractivity contribution < 1.29 is 26.5 Å². The summed E-state index contributed by atoms with van der Waals surface area (Å²) in [6, 6.07) is 0. The number of hydrogen-bond acceptors (Lipinski definition) is 6. The van der Waals surface area contributed by atoms with Crippen LogP contribution in [0.4, 0.5) is 5.95 Å². The SMILES string of the molecule is C1CCOC1.CC(=O)c1ncc(Br)cn1.[Br-].[C-]#[N+]c1ncc(Br)cn1.[CH3-].[Mg+2]. The Balaban J connectivity index is -0.000000316. The van der Waals surface area contributed by atoms with Gasteiger partial charge in [-0.25, -0.2) is 9.97 Å². The van der Waals surface area contributed by atoms with Crippen LogP contribution in [0.15, 0.2) is 33.7 Å². The fourth-order valence-electron chi connectivity index (χ4n) is 1.37. The Morgan fingerprint density at radius 2 is 1.44 bits per heavy atom. The fraction of sp³-hybridized carbons (Fsp3) is 0.312. The Morgan fingerprint density at radius 3 is 1.74 bits per heavy atom. The zero-order valence-corrected chi connectivity index (χ0v) is 21.2. The molecule has 0 aliphatic carbocycles. The van der Waals surface area contributed by atoms with E-state index in [1.54, 1.807) is 24.8 Å². The summed E-state index contributed by atoms with van der Waals surface area (Å²) in [6.07, 6.45) is 8.73. The topological polar surface area (TPSA) is 82.2 Å². The molecule has 1 fully saturated rings. The Kier molecular flexibility index (Phi) is 21.8. The van der Waals surface area contributed by atoms with Gasteiger partial charge in [0.05, 0.1) is 8.95 Å². The Morgan fingerprint density at radius 1 is 1.04 bits per heavy atom. The van der Waals surface area contributed by atoms with E-state index >= 15 is 0 Å². The number of ketones is 1. The second-order valence-corrected chi connectivity index (χ2v) is 6.24.